The lowest BCUT2D eigenvalue weighted by Crippen LogP contribution is -2.38. The maximum atomic E-state index is 10.1. The minimum atomic E-state index is -0.416. The van der Waals surface area contributed by atoms with Gasteiger partial charge in [0.25, 0.3) is 0 Å². The highest BCUT2D eigenvalue weighted by atomic mass is 32.2. The predicted octanol–water partition coefficient (Wildman–Crippen LogP) is 2.36. The number of ether oxygens (including phenoxy) is 1. The fourth-order valence-corrected chi connectivity index (χ4v) is 3.14. The van der Waals surface area contributed by atoms with Crippen molar-refractivity contribution in [2.24, 2.45) is 0 Å². The highest BCUT2D eigenvalue weighted by Crippen LogP contribution is 2.13. The zero-order valence-corrected chi connectivity index (χ0v) is 15.0. The molecule has 0 aromatic heterocycles. The molecule has 0 radical (unpaired) electrons. The molecule has 130 valence electrons. The van der Waals surface area contributed by atoms with E-state index in [0.29, 0.717) is 6.61 Å². The van der Waals surface area contributed by atoms with Crippen LogP contribution in [0.25, 0.3) is 0 Å². The lowest BCUT2D eigenvalue weighted by Gasteiger charge is -2.28. The van der Waals surface area contributed by atoms with Gasteiger partial charge in [-0.3, -0.25) is 0 Å². The summed E-state index contributed by atoms with van der Waals surface area (Å²) in [6, 6.07) is 8.13. The van der Waals surface area contributed by atoms with Crippen molar-refractivity contribution < 1.29 is 9.84 Å². The highest BCUT2D eigenvalue weighted by Gasteiger charge is 2.14. The van der Waals surface area contributed by atoms with Crippen molar-refractivity contribution in [1.29, 1.82) is 0 Å². The van der Waals surface area contributed by atoms with E-state index in [1.165, 1.54) is 24.8 Å². The van der Waals surface area contributed by atoms with Gasteiger partial charge in [0.2, 0.25) is 0 Å². The Morgan fingerprint density at radius 1 is 1.22 bits per heavy atom. The molecule has 0 bridgehead atoms. The van der Waals surface area contributed by atoms with E-state index in [2.05, 4.69) is 28.6 Å². The summed E-state index contributed by atoms with van der Waals surface area (Å²) in [6.45, 7) is 5.21. The van der Waals surface area contributed by atoms with Gasteiger partial charge < -0.3 is 20.1 Å². The minimum absolute atomic E-state index is 0.363. The Kier molecular flexibility index (Phi) is 8.82. The number of piperidine rings is 1. The van der Waals surface area contributed by atoms with Crippen molar-refractivity contribution >= 4 is 11.8 Å². The van der Waals surface area contributed by atoms with Gasteiger partial charge in [-0.1, -0.05) is 18.6 Å². The van der Waals surface area contributed by atoms with Crippen LogP contribution in [0.2, 0.25) is 0 Å². The molecule has 23 heavy (non-hydrogen) atoms. The topological polar surface area (TPSA) is 44.7 Å². The molecule has 0 aliphatic carbocycles. The fourth-order valence-electron chi connectivity index (χ4n) is 2.80. The van der Waals surface area contributed by atoms with E-state index in [4.69, 9.17) is 4.74 Å². The number of hydrogen-bond acceptors (Lipinski definition) is 5. The maximum Gasteiger partial charge on any atom is 0.119 e. The molecule has 2 rings (SSSR count). The van der Waals surface area contributed by atoms with Crippen LogP contribution in [0.4, 0.5) is 0 Å². The third kappa shape index (κ3) is 7.57. The summed E-state index contributed by atoms with van der Waals surface area (Å²) in [6.07, 6.45) is 5.52. The number of rotatable bonds is 10. The Hall–Kier alpha value is -0.750. The zero-order chi connectivity index (χ0) is 16.3. The van der Waals surface area contributed by atoms with Crippen LogP contribution in [0, 0.1) is 0 Å². The van der Waals surface area contributed by atoms with Crippen LogP contribution in [0.5, 0.6) is 5.75 Å². The molecular formula is C18H30N2O2S. The molecule has 0 spiro atoms. The first-order valence-corrected chi connectivity index (χ1v) is 9.99. The number of aliphatic hydroxyl groups is 1. The quantitative estimate of drug-likeness (QED) is 0.641. The van der Waals surface area contributed by atoms with Gasteiger partial charge in [0, 0.05) is 25.4 Å². The first-order valence-electron chi connectivity index (χ1n) is 8.60. The summed E-state index contributed by atoms with van der Waals surface area (Å²) in [4.78, 5) is 2.33. The molecular weight excluding hydrogens is 308 g/mol. The van der Waals surface area contributed by atoms with Gasteiger partial charge in [0.15, 0.2) is 0 Å². The van der Waals surface area contributed by atoms with Gasteiger partial charge in [0.1, 0.15) is 18.5 Å². The summed E-state index contributed by atoms with van der Waals surface area (Å²) >= 11 is 1.85. The highest BCUT2D eigenvalue weighted by molar-refractivity contribution is 7.98. The zero-order valence-electron chi connectivity index (χ0n) is 14.2. The molecule has 1 aromatic rings. The van der Waals surface area contributed by atoms with Crippen molar-refractivity contribution in [3.8, 4) is 5.75 Å². The second-order valence-electron chi connectivity index (χ2n) is 6.14. The Morgan fingerprint density at radius 2 is 1.96 bits per heavy atom. The number of benzene rings is 1. The Balaban J connectivity index is 1.64. The van der Waals surface area contributed by atoms with Gasteiger partial charge in [-0.2, -0.15) is 11.8 Å². The number of likely N-dealkylation sites (tertiary alicyclic amines) is 1. The van der Waals surface area contributed by atoms with Crippen LogP contribution in [0.15, 0.2) is 24.3 Å². The monoisotopic (exact) mass is 338 g/mol. The molecule has 1 saturated heterocycles. The lowest BCUT2D eigenvalue weighted by molar-refractivity contribution is 0.0617. The average Bonchev–Trinajstić information content (AvgIpc) is 2.59. The maximum absolute atomic E-state index is 10.1. The molecule has 4 nitrogen and oxygen atoms in total. The number of β-amino-alcohol motifs (C(OH)–C–C–N with tert-alkyl or cyclic N) is 1. The van der Waals surface area contributed by atoms with Crippen molar-refractivity contribution in [3.63, 3.8) is 0 Å². The number of aliphatic hydroxyl groups excluding tert-OH is 1. The number of hydrogen-bond donors (Lipinski definition) is 2. The summed E-state index contributed by atoms with van der Waals surface area (Å²) in [5.41, 5.74) is 1.26. The van der Waals surface area contributed by atoms with E-state index < -0.39 is 6.10 Å². The van der Waals surface area contributed by atoms with Gasteiger partial charge in [-0.15, -0.1) is 0 Å². The predicted molar refractivity (Wildman–Crippen MR) is 98.3 cm³/mol. The molecule has 1 aliphatic rings. The average molecular weight is 339 g/mol. The normalized spacial score (nSPS) is 17.1. The van der Waals surface area contributed by atoms with Crippen LogP contribution in [0.3, 0.4) is 0 Å². The Morgan fingerprint density at radius 3 is 2.65 bits per heavy atom. The van der Waals surface area contributed by atoms with Crippen LogP contribution >= 0.6 is 11.8 Å². The molecule has 1 atom stereocenters. The van der Waals surface area contributed by atoms with Crippen LogP contribution in [-0.4, -0.2) is 60.9 Å². The standard InChI is InChI=1S/C18H30N2O2S/c1-23-12-9-19-13-16-5-7-18(8-6-16)22-15-17(21)14-20-10-3-2-4-11-20/h5-8,17,19,21H,2-4,9-15H2,1H3/t17-/m0/s1. The molecule has 1 aliphatic heterocycles. The molecule has 0 saturated carbocycles. The molecule has 0 unspecified atom stereocenters. The molecule has 1 aromatic carbocycles. The first kappa shape index (κ1) is 18.6. The second-order valence-corrected chi connectivity index (χ2v) is 7.13. The third-order valence-corrected chi connectivity index (χ3v) is 4.71. The van der Waals surface area contributed by atoms with E-state index in [1.807, 2.05) is 23.9 Å². The van der Waals surface area contributed by atoms with Crippen molar-refractivity contribution in [3.05, 3.63) is 29.8 Å². The molecule has 0 amide bonds. The Bertz CT molecular complexity index is 422. The van der Waals surface area contributed by atoms with Crippen molar-refractivity contribution in [2.75, 3.05) is 44.8 Å². The second kappa shape index (κ2) is 10.9. The Labute approximate surface area is 144 Å². The summed E-state index contributed by atoms with van der Waals surface area (Å²) < 4.78 is 5.71. The van der Waals surface area contributed by atoms with E-state index >= 15 is 0 Å². The first-order chi connectivity index (χ1) is 11.3. The molecule has 2 N–H and O–H groups in total. The third-order valence-electron chi connectivity index (χ3n) is 4.10. The van der Waals surface area contributed by atoms with Crippen LogP contribution in [0.1, 0.15) is 24.8 Å². The number of nitrogens with one attached hydrogen (secondary N) is 1. The smallest absolute Gasteiger partial charge is 0.119 e. The van der Waals surface area contributed by atoms with Gasteiger partial charge in [0.05, 0.1) is 0 Å². The number of thioether (sulfide) groups is 1. The molecule has 1 heterocycles. The van der Waals surface area contributed by atoms with E-state index in [1.54, 1.807) is 0 Å². The lowest BCUT2D eigenvalue weighted by atomic mass is 10.1. The van der Waals surface area contributed by atoms with Gasteiger partial charge in [-0.25, -0.2) is 0 Å². The van der Waals surface area contributed by atoms with Gasteiger partial charge >= 0.3 is 0 Å². The number of nitrogens with zero attached hydrogens (tertiary/aromatic N) is 1. The summed E-state index contributed by atoms with van der Waals surface area (Å²) in [5, 5.41) is 13.5. The largest absolute Gasteiger partial charge is 0.491 e. The van der Waals surface area contributed by atoms with Crippen LogP contribution < -0.4 is 10.1 Å². The van der Waals surface area contributed by atoms with E-state index in [-0.39, 0.29) is 0 Å². The minimum Gasteiger partial charge on any atom is -0.491 e. The van der Waals surface area contributed by atoms with Crippen molar-refractivity contribution in [2.45, 2.75) is 31.9 Å². The van der Waals surface area contributed by atoms with Crippen LogP contribution in [-0.2, 0) is 6.54 Å². The SMILES string of the molecule is CSCCNCc1ccc(OC[C@@H](O)CN2CCCCC2)cc1. The molecule has 1 fully saturated rings. The molecule has 5 heteroatoms. The fraction of sp³-hybridized carbons (Fsp3) is 0.667. The van der Waals surface area contributed by atoms with Gasteiger partial charge in [-0.05, 0) is 49.9 Å². The summed E-state index contributed by atoms with van der Waals surface area (Å²) in [7, 11) is 0. The van der Waals surface area contributed by atoms with Crippen molar-refractivity contribution in [1.82, 2.24) is 10.2 Å². The van der Waals surface area contributed by atoms with E-state index in [0.717, 1.165) is 44.2 Å². The summed E-state index contributed by atoms with van der Waals surface area (Å²) in [5.74, 6) is 1.96. The van der Waals surface area contributed by atoms with E-state index in [9.17, 15) is 5.11 Å².